The standard InChI is InChI=1S/C13H16N2O4/c1-6-9(13(18)19)5-10(15-8(3)16)7(2)11(6)12(17)14-4/h5H,1-4H3,(H,14,17)(H,15,16)(H,18,19). The molecule has 0 aliphatic carbocycles. The van der Waals surface area contributed by atoms with Crippen molar-refractivity contribution in [3.05, 3.63) is 28.3 Å². The molecule has 6 heteroatoms. The van der Waals surface area contributed by atoms with Crippen LogP contribution in [0.25, 0.3) is 0 Å². The summed E-state index contributed by atoms with van der Waals surface area (Å²) in [5, 5.41) is 14.1. The van der Waals surface area contributed by atoms with Crippen LogP contribution in [-0.4, -0.2) is 29.9 Å². The lowest BCUT2D eigenvalue weighted by Crippen LogP contribution is -2.23. The first-order valence-corrected chi connectivity index (χ1v) is 5.66. The van der Waals surface area contributed by atoms with Gasteiger partial charge in [0.1, 0.15) is 0 Å². The molecule has 19 heavy (non-hydrogen) atoms. The lowest BCUT2D eigenvalue weighted by atomic mass is 9.95. The first-order valence-electron chi connectivity index (χ1n) is 5.66. The van der Waals surface area contributed by atoms with E-state index in [2.05, 4.69) is 10.6 Å². The van der Waals surface area contributed by atoms with E-state index in [1.54, 1.807) is 13.8 Å². The van der Waals surface area contributed by atoms with E-state index in [1.807, 2.05) is 0 Å². The lowest BCUT2D eigenvalue weighted by molar-refractivity contribution is -0.114. The van der Waals surface area contributed by atoms with Crippen molar-refractivity contribution >= 4 is 23.5 Å². The van der Waals surface area contributed by atoms with Gasteiger partial charge in [-0.25, -0.2) is 4.79 Å². The number of nitrogens with one attached hydrogen (secondary N) is 2. The maximum Gasteiger partial charge on any atom is 0.336 e. The highest BCUT2D eigenvalue weighted by molar-refractivity contribution is 6.04. The minimum Gasteiger partial charge on any atom is -0.478 e. The van der Waals surface area contributed by atoms with Gasteiger partial charge in [0.15, 0.2) is 0 Å². The monoisotopic (exact) mass is 264 g/mol. The van der Waals surface area contributed by atoms with Gasteiger partial charge in [0.25, 0.3) is 5.91 Å². The molecule has 2 amide bonds. The van der Waals surface area contributed by atoms with Crippen LogP contribution in [0.2, 0.25) is 0 Å². The Hall–Kier alpha value is -2.37. The molecule has 6 nitrogen and oxygen atoms in total. The Morgan fingerprint density at radius 2 is 1.74 bits per heavy atom. The van der Waals surface area contributed by atoms with Crippen molar-refractivity contribution in [3.63, 3.8) is 0 Å². The molecule has 1 aromatic rings. The first kappa shape index (κ1) is 14.7. The number of carboxylic acids is 1. The zero-order valence-corrected chi connectivity index (χ0v) is 11.2. The number of carbonyl (C=O) groups is 3. The smallest absolute Gasteiger partial charge is 0.336 e. The minimum absolute atomic E-state index is 0.00653. The minimum atomic E-state index is -1.14. The molecule has 0 aromatic heterocycles. The van der Waals surface area contributed by atoms with Crippen molar-refractivity contribution in [2.75, 3.05) is 12.4 Å². The maximum atomic E-state index is 11.9. The largest absolute Gasteiger partial charge is 0.478 e. The molecule has 0 unspecified atom stereocenters. The van der Waals surface area contributed by atoms with Gasteiger partial charge in [-0.05, 0) is 31.0 Å². The van der Waals surface area contributed by atoms with E-state index in [4.69, 9.17) is 5.11 Å². The number of carboxylic acid groups (broad SMARTS) is 1. The molecule has 0 bridgehead atoms. The van der Waals surface area contributed by atoms with E-state index in [-0.39, 0.29) is 22.9 Å². The van der Waals surface area contributed by atoms with E-state index in [9.17, 15) is 14.4 Å². The van der Waals surface area contributed by atoms with Crippen molar-refractivity contribution in [1.29, 1.82) is 0 Å². The highest BCUT2D eigenvalue weighted by atomic mass is 16.4. The summed E-state index contributed by atoms with van der Waals surface area (Å²) in [6.45, 7) is 4.55. The van der Waals surface area contributed by atoms with Crippen LogP contribution in [-0.2, 0) is 4.79 Å². The Balaban J connectivity index is 3.60. The highest BCUT2D eigenvalue weighted by Gasteiger charge is 2.21. The number of hydrogen-bond acceptors (Lipinski definition) is 3. The molecular formula is C13H16N2O4. The summed E-state index contributed by atoms with van der Waals surface area (Å²) in [4.78, 5) is 34.2. The van der Waals surface area contributed by atoms with Gasteiger partial charge in [0, 0.05) is 25.2 Å². The van der Waals surface area contributed by atoms with Gasteiger partial charge < -0.3 is 15.7 Å². The number of rotatable bonds is 3. The quantitative estimate of drug-likeness (QED) is 0.767. The van der Waals surface area contributed by atoms with Crippen molar-refractivity contribution in [3.8, 4) is 0 Å². The zero-order valence-electron chi connectivity index (χ0n) is 11.2. The van der Waals surface area contributed by atoms with Crippen LogP contribution in [0.3, 0.4) is 0 Å². The second-order valence-corrected chi connectivity index (χ2v) is 4.16. The molecule has 0 spiro atoms. The molecule has 0 heterocycles. The molecule has 3 N–H and O–H groups in total. The number of anilines is 1. The number of carbonyl (C=O) groups excluding carboxylic acids is 2. The third-order valence-corrected chi connectivity index (χ3v) is 2.84. The molecule has 0 atom stereocenters. The second kappa shape index (κ2) is 5.51. The predicted octanol–water partition coefficient (Wildman–Crippen LogP) is 1.32. The summed E-state index contributed by atoms with van der Waals surface area (Å²) in [5.74, 6) is -1.86. The van der Waals surface area contributed by atoms with Gasteiger partial charge in [-0.15, -0.1) is 0 Å². The summed E-state index contributed by atoms with van der Waals surface area (Å²) in [7, 11) is 1.47. The van der Waals surface area contributed by atoms with E-state index >= 15 is 0 Å². The highest BCUT2D eigenvalue weighted by Crippen LogP contribution is 2.26. The van der Waals surface area contributed by atoms with E-state index in [0.717, 1.165) is 0 Å². The number of hydrogen-bond donors (Lipinski definition) is 3. The second-order valence-electron chi connectivity index (χ2n) is 4.16. The van der Waals surface area contributed by atoms with Gasteiger partial charge in [-0.2, -0.15) is 0 Å². The fourth-order valence-corrected chi connectivity index (χ4v) is 1.92. The van der Waals surface area contributed by atoms with Crippen LogP contribution in [0.1, 0.15) is 38.8 Å². The molecule has 0 aliphatic heterocycles. The van der Waals surface area contributed by atoms with Gasteiger partial charge in [0.05, 0.1) is 5.56 Å². The first-order chi connectivity index (χ1) is 8.79. The SMILES string of the molecule is CNC(=O)c1c(C)c(NC(C)=O)cc(C(=O)O)c1C. The van der Waals surface area contributed by atoms with Crippen LogP contribution in [0, 0.1) is 13.8 Å². The van der Waals surface area contributed by atoms with Crippen molar-refractivity contribution in [2.24, 2.45) is 0 Å². The van der Waals surface area contributed by atoms with Gasteiger partial charge in [0.2, 0.25) is 5.91 Å². The molecule has 0 fully saturated rings. The Labute approximate surface area is 110 Å². The number of amides is 2. The Kier molecular flexibility index (Phi) is 4.26. The maximum absolute atomic E-state index is 11.9. The molecule has 0 radical (unpaired) electrons. The molecular weight excluding hydrogens is 248 g/mol. The molecule has 0 saturated carbocycles. The Morgan fingerprint density at radius 3 is 2.16 bits per heavy atom. The fourth-order valence-electron chi connectivity index (χ4n) is 1.92. The molecule has 0 saturated heterocycles. The van der Waals surface area contributed by atoms with Crippen LogP contribution in [0.4, 0.5) is 5.69 Å². The Bertz CT molecular complexity index is 564. The summed E-state index contributed by atoms with van der Waals surface area (Å²) in [6.07, 6.45) is 0. The summed E-state index contributed by atoms with van der Waals surface area (Å²) in [5.41, 5.74) is 1.50. The van der Waals surface area contributed by atoms with E-state index in [0.29, 0.717) is 16.8 Å². The van der Waals surface area contributed by atoms with Gasteiger partial charge >= 0.3 is 5.97 Å². The van der Waals surface area contributed by atoms with Crippen LogP contribution < -0.4 is 10.6 Å². The van der Waals surface area contributed by atoms with Crippen LogP contribution in [0.5, 0.6) is 0 Å². The third kappa shape index (κ3) is 2.90. The normalized spacial score (nSPS) is 9.89. The molecule has 1 rings (SSSR count). The van der Waals surface area contributed by atoms with Gasteiger partial charge in [-0.1, -0.05) is 0 Å². The van der Waals surface area contributed by atoms with Crippen molar-refractivity contribution in [2.45, 2.75) is 20.8 Å². The average Bonchev–Trinajstić information content (AvgIpc) is 2.31. The van der Waals surface area contributed by atoms with E-state index < -0.39 is 5.97 Å². The molecule has 0 aliphatic rings. The predicted molar refractivity (Wildman–Crippen MR) is 70.6 cm³/mol. The third-order valence-electron chi connectivity index (χ3n) is 2.84. The number of benzene rings is 1. The van der Waals surface area contributed by atoms with E-state index in [1.165, 1.54) is 20.0 Å². The van der Waals surface area contributed by atoms with Crippen LogP contribution >= 0.6 is 0 Å². The Morgan fingerprint density at radius 1 is 1.16 bits per heavy atom. The van der Waals surface area contributed by atoms with Crippen LogP contribution in [0.15, 0.2) is 6.07 Å². The summed E-state index contributed by atoms with van der Waals surface area (Å²) < 4.78 is 0. The lowest BCUT2D eigenvalue weighted by Gasteiger charge is -2.16. The average molecular weight is 264 g/mol. The molecule has 1 aromatic carbocycles. The fraction of sp³-hybridized carbons (Fsp3) is 0.308. The summed E-state index contributed by atoms with van der Waals surface area (Å²) in [6, 6.07) is 1.36. The number of aromatic carboxylic acids is 1. The zero-order chi connectivity index (χ0) is 14.7. The van der Waals surface area contributed by atoms with Crippen molar-refractivity contribution in [1.82, 2.24) is 5.32 Å². The van der Waals surface area contributed by atoms with Gasteiger partial charge in [-0.3, -0.25) is 9.59 Å². The molecule has 102 valence electrons. The topological polar surface area (TPSA) is 95.5 Å². The van der Waals surface area contributed by atoms with Crippen molar-refractivity contribution < 1.29 is 19.5 Å². The summed E-state index contributed by atoms with van der Waals surface area (Å²) >= 11 is 0.